The van der Waals surface area contributed by atoms with E-state index < -0.39 is 0 Å². The van der Waals surface area contributed by atoms with Crippen molar-refractivity contribution in [3.8, 4) is 0 Å². The van der Waals surface area contributed by atoms with Crippen molar-refractivity contribution >= 4 is 17.3 Å². The van der Waals surface area contributed by atoms with E-state index >= 15 is 0 Å². The number of carbonyl (C=O) groups is 1. The highest BCUT2D eigenvalue weighted by molar-refractivity contribution is 5.93. The van der Waals surface area contributed by atoms with E-state index in [9.17, 15) is 4.79 Å². The minimum atomic E-state index is -0.0422. The Balaban J connectivity index is 1.92. The monoisotopic (exact) mass is 310 g/mol. The first-order valence-corrected chi connectivity index (χ1v) is 8.12. The molecule has 122 valence electrons. The standard InChI is InChI=1S/C20H26N2O/c1-5-15-8-6-7-9-18(15)21-14-19(23)22-17-12-10-16(11-13-17)20(2,3)4/h6-13,21H,5,14H2,1-4H3,(H,22,23). The molecule has 0 aliphatic carbocycles. The van der Waals surface area contributed by atoms with E-state index in [1.165, 1.54) is 11.1 Å². The lowest BCUT2D eigenvalue weighted by atomic mass is 9.87. The van der Waals surface area contributed by atoms with E-state index in [1.54, 1.807) is 0 Å². The fourth-order valence-corrected chi connectivity index (χ4v) is 2.44. The topological polar surface area (TPSA) is 41.1 Å². The largest absolute Gasteiger partial charge is 0.376 e. The molecule has 0 saturated heterocycles. The number of para-hydroxylation sites is 1. The molecule has 0 radical (unpaired) electrons. The SMILES string of the molecule is CCc1ccccc1NCC(=O)Nc1ccc(C(C)(C)C)cc1. The average Bonchev–Trinajstić information content (AvgIpc) is 2.53. The van der Waals surface area contributed by atoms with Gasteiger partial charge in [-0.05, 0) is 41.2 Å². The highest BCUT2D eigenvalue weighted by Crippen LogP contribution is 2.23. The number of benzene rings is 2. The fraction of sp³-hybridized carbons (Fsp3) is 0.350. The molecule has 0 fully saturated rings. The van der Waals surface area contributed by atoms with Crippen LogP contribution in [0.1, 0.15) is 38.8 Å². The van der Waals surface area contributed by atoms with Crippen LogP contribution in [0, 0.1) is 0 Å². The van der Waals surface area contributed by atoms with E-state index in [1.807, 2.05) is 30.3 Å². The number of anilines is 2. The van der Waals surface area contributed by atoms with Gasteiger partial charge in [0.1, 0.15) is 0 Å². The van der Waals surface area contributed by atoms with Crippen LogP contribution in [0.15, 0.2) is 48.5 Å². The number of rotatable bonds is 5. The van der Waals surface area contributed by atoms with E-state index in [-0.39, 0.29) is 17.9 Å². The Kier molecular flexibility index (Phi) is 5.43. The van der Waals surface area contributed by atoms with Crippen molar-refractivity contribution < 1.29 is 4.79 Å². The molecule has 0 atom stereocenters. The summed E-state index contributed by atoms with van der Waals surface area (Å²) in [6, 6.07) is 16.1. The van der Waals surface area contributed by atoms with Crippen LogP contribution < -0.4 is 10.6 Å². The predicted molar refractivity (Wildman–Crippen MR) is 98.1 cm³/mol. The summed E-state index contributed by atoms with van der Waals surface area (Å²) >= 11 is 0. The van der Waals surface area contributed by atoms with Crippen LogP contribution in [-0.4, -0.2) is 12.5 Å². The van der Waals surface area contributed by atoms with Gasteiger partial charge >= 0.3 is 0 Å². The summed E-state index contributed by atoms with van der Waals surface area (Å²) in [7, 11) is 0. The molecular weight excluding hydrogens is 284 g/mol. The second kappa shape index (κ2) is 7.32. The minimum absolute atomic E-state index is 0.0422. The zero-order valence-electron chi connectivity index (χ0n) is 14.4. The Morgan fingerprint density at radius 3 is 2.26 bits per heavy atom. The third-order valence-electron chi connectivity index (χ3n) is 3.87. The first-order chi connectivity index (χ1) is 10.9. The Hall–Kier alpha value is -2.29. The maximum atomic E-state index is 12.1. The third kappa shape index (κ3) is 4.85. The molecule has 2 aromatic rings. The Bertz CT molecular complexity index is 654. The van der Waals surface area contributed by atoms with Crippen LogP contribution in [0.25, 0.3) is 0 Å². The first-order valence-electron chi connectivity index (χ1n) is 8.12. The first kappa shape index (κ1) is 17.1. The molecule has 0 unspecified atom stereocenters. The lowest BCUT2D eigenvalue weighted by molar-refractivity contribution is -0.114. The lowest BCUT2D eigenvalue weighted by Crippen LogP contribution is -2.22. The maximum Gasteiger partial charge on any atom is 0.243 e. The zero-order chi connectivity index (χ0) is 16.9. The molecule has 0 heterocycles. The fourth-order valence-electron chi connectivity index (χ4n) is 2.44. The smallest absolute Gasteiger partial charge is 0.243 e. The summed E-state index contributed by atoms with van der Waals surface area (Å²) in [4.78, 5) is 12.1. The van der Waals surface area contributed by atoms with Gasteiger partial charge in [-0.2, -0.15) is 0 Å². The molecule has 2 aromatic carbocycles. The van der Waals surface area contributed by atoms with Gasteiger partial charge in [-0.25, -0.2) is 0 Å². The molecule has 3 nitrogen and oxygen atoms in total. The van der Waals surface area contributed by atoms with E-state index in [0.717, 1.165) is 17.8 Å². The van der Waals surface area contributed by atoms with Crippen LogP contribution in [0.3, 0.4) is 0 Å². The minimum Gasteiger partial charge on any atom is -0.376 e. The average molecular weight is 310 g/mol. The third-order valence-corrected chi connectivity index (χ3v) is 3.87. The van der Waals surface area contributed by atoms with E-state index in [0.29, 0.717) is 0 Å². The van der Waals surface area contributed by atoms with Gasteiger partial charge in [0.2, 0.25) is 5.91 Å². The van der Waals surface area contributed by atoms with Gasteiger partial charge in [-0.15, -0.1) is 0 Å². The highest BCUT2D eigenvalue weighted by atomic mass is 16.1. The van der Waals surface area contributed by atoms with Crippen molar-refractivity contribution in [2.24, 2.45) is 0 Å². The second-order valence-corrected chi connectivity index (χ2v) is 6.74. The summed E-state index contributed by atoms with van der Waals surface area (Å²) in [6.07, 6.45) is 0.944. The van der Waals surface area contributed by atoms with Crippen molar-refractivity contribution in [1.29, 1.82) is 0 Å². The molecule has 0 saturated carbocycles. The summed E-state index contributed by atoms with van der Waals surface area (Å²) in [5, 5.41) is 6.13. The summed E-state index contributed by atoms with van der Waals surface area (Å²) in [5.74, 6) is -0.0422. The Morgan fingerprint density at radius 1 is 1.00 bits per heavy atom. The summed E-state index contributed by atoms with van der Waals surface area (Å²) in [5.41, 5.74) is 4.44. The highest BCUT2D eigenvalue weighted by Gasteiger charge is 2.13. The molecule has 0 aliphatic rings. The van der Waals surface area contributed by atoms with E-state index in [2.05, 4.69) is 56.5 Å². The van der Waals surface area contributed by atoms with E-state index in [4.69, 9.17) is 0 Å². The zero-order valence-corrected chi connectivity index (χ0v) is 14.4. The van der Waals surface area contributed by atoms with Crippen LogP contribution in [0.2, 0.25) is 0 Å². The van der Waals surface area contributed by atoms with Crippen molar-refractivity contribution in [1.82, 2.24) is 0 Å². The summed E-state index contributed by atoms with van der Waals surface area (Å²) in [6.45, 7) is 8.90. The van der Waals surface area contributed by atoms with Crippen molar-refractivity contribution in [3.05, 3.63) is 59.7 Å². The molecule has 0 spiro atoms. The number of nitrogens with one attached hydrogen (secondary N) is 2. The Morgan fingerprint density at radius 2 is 1.65 bits per heavy atom. The van der Waals surface area contributed by atoms with Crippen molar-refractivity contribution in [3.63, 3.8) is 0 Å². The molecule has 2 N–H and O–H groups in total. The quantitative estimate of drug-likeness (QED) is 0.847. The molecule has 3 heteroatoms. The molecule has 0 bridgehead atoms. The molecular formula is C20H26N2O. The van der Waals surface area contributed by atoms with Gasteiger partial charge in [-0.3, -0.25) is 4.79 Å². The van der Waals surface area contributed by atoms with Crippen LogP contribution in [-0.2, 0) is 16.6 Å². The van der Waals surface area contributed by atoms with Gasteiger partial charge < -0.3 is 10.6 Å². The summed E-state index contributed by atoms with van der Waals surface area (Å²) < 4.78 is 0. The number of hydrogen-bond donors (Lipinski definition) is 2. The van der Waals surface area contributed by atoms with Crippen molar-refractivity contribution in [2.75, 3.05) is 17.2 Å². The number of aryl methyl sites for hydroxylation is 1. The lowest BCUT2D eigenvalue weighted by Gasteiger charge is -2.19. The van der Waals surface area contributed by atoms with Gasteiger partial charge in [0.25, 0.3) is 0 Å². The molecule has 0 aromatic heterocycles. The van der Waals surface area contributed by atoms with Gasteiger partial charge in [0.15, 0.2) is 0 Å². The van der Waals surface area contributed by atoms with Crippen LogP contribution >= 0.6 is 0 Å². The molecule has 0 aliphatic heterocycles. The van der Waals surface area contributed by atoms with Crippen LogP contribution in [0.4, 0.5) is 11.4 Å². The molecule has 2 rings (SSSR count). The van der Waals surface area contributed by atoms with Gasteiger partial charge in [0, 0.05) is 11.4 Å². The van der Waals surface area contributed by atoms with Crippen LogP contribution in [0.5, 0.6) is 0 Å². The normalized spacial score (nSPS) is 11.1. The number of carbonyl (C=O) groups excluding carboxylic acids is 1. The molecule has 23 heavy (non-hydrogen) atoms. The molecule has 1 amide bonds. The second-order valence-electron chi connectivity index (χ2n) is 6.74. The van der Waals surface area contributed by atoms with Gasteiger partial charge in [-0.1, -0.05) is 58.0 Å². The Labute approximate surface area is 139 Å². The van der Waals surface area contributed by atoms with Crippen molar-refractivity contribution in [2.45, 2.75) is 39.5 Å². The predicted octanol–water partition coefficient (Wildman–Crippen LogP) is 4.60. The maximum absolute atomic E-state index is 12.1. The number of hydrogen-bond acceptors (Lipinski definition) is 2. The number of amides is 1. The van der Waals surface area contributed by atoms with Gasteiger partial charge in [0.05, 0.1) is 6.54 Å².